The van der Waals surface area contributed by atoms with Crippen LogP contribution in [0.25, 0.3) is 0 Å². The second-order valence-corrected chi connectivity index (χ2v) is 6.64. The first kappa shape index (κ1) is 12.9. The second-order valence-electron chi connectivity index (χ2n) is 4.77. The highest BCUT2D eigenvalue weighted by Gasteiger charge is 2.38. The van der Waals surface area contributed by atoms with Gasteiger partial charge in [-0.1, -0.05) is 13.8 Å². The predicted octanol–water partition coefficient (Wildman–Crippen LogP) is 0.985. The standard InChI is InChI=1S/C10H21NO3S/c1-7(2)11-15(12,13)10-8(3)5-14-6-9(10)4/h7-11H,5-6H2,1-4H3/t8-,9+,10?. The van der Waals surface area contributed by atoms with Gasteiger partial charge >= 0.3 is 0 Å². The van der Waals surface area contributed by atoms with Crippen molar-refractivity contribution < 1.29 is 13.2 Å². The van der Waals surface area contributed by atoms with E-state index in [2.05, 4.69) is 4.72 Å². The molecule has 3 atom stereocenters. The molecule has 0 radical (unpaired) electrons. The highest BCUT2D eigenvalue weighted by Crippen LogP contribution is 2.26. The molecule has 0 spiro atoms. The number of sulfonamides is 1. The van der Waals surface area contributed by atoms with Crippen LogP contribution in [0.15, 0.2) is 0 Å². The molecule has 0 aromatic rings. The van der Waals surface area contributed by atoms with Crippen molar-refractivity contribution in [1.82, 2.24) is 4.72 Å². The Bertz CT molecular complexity index is 290. The van der Waals surface area contributed by atoms with Gasteiger partial charge in [0.25, 0.3) is 0 Å². The minimum atomic E-state index is -3.21. The summed E-state index contributed by atoms with van der Waals surface area (Å²) in [5.41, 5.74) is 0. The number of nitrogens with one attached hydrogen (secondary N) is 1. The summed E-state index contributed by atoms with van der Waals surface area (Å²) in [5.74, 6) is 0.120. The SMILES string of the molecule is CC(C)NS(=O)(=O)C1[C@H](C)COC[C@@H]1C. The van der Waals surface area contributed by atoms with E-state index in [0.29, 0.717) is 13.2 Å². The largest absolute Gasteiger partial charge is 0.381 e. The van der Waals surface area contributed by atoms with Crippen LogP contribution >= 0.6 is 0 Å². The molecule has 0 aromatic carbocycles. The van der Waals surface area contributed by atoms with E-state index in [4.69, 9.17) is 4.74 Å². The molecule has 1 heterocycles. The van der Waals surface area contributed by atoms with Crippen molar-refractivity contribution in [1.29, 1.82) is 0 Å². The molecular formula is C10H21NO3S. The third-order valence-electron chi connectivity index (χ3n) is 2.64. The zero-order valence-electron chi connectivity index (χ0n) is 9.86. The van der Waals surface area contributed by atoms with E-state index < -0.39 is 10.0 Å². The highest BCUT2D eigenvalue weighted by atomic mass is 32.2. The molecule has 4 nitrogen and oxygen atoms in total. The summed E-state index contributed by atoms with van der Waals surface area (Å²) in [6.07, 6.45) is 0. The molecule has 0 aliphatic carbocycles. The van der Waals surface area contributed by atoms with Gasteiger partial charge in [-0.15, -0.1) is 0 Å². The van der Waals surface area contributed by atoms with Crippen LogP contribution in [0.3, 0.4) is 0 Å². The van der Waals surface area contributed by atoms with Gasteiger partial charge in [-0.2, -0.15) is 0 Å². The van der Waals surface area contributed by atoms with Crippen molar-refractivity contribution in [3.05, 3.63) is 0 Å². The van der Waals surface area contributed by atoms with E-state index in [-0.39, 0.29) is 23.1 Å². The Kier molecular flexibility index (Phi) is 4.14. The average molecular weight is 235 g/mol. The summed E-state index contributed by atoms with van der Waals surface area (Å²) in [7, 11) is -3.21. The van der Waals surface area contributed by atoms with Gasteiger partial charge < -0.3 is 4.74 Å². The Morgan fingerprint density at radius 2 is 1.67 bits per heavy atom. The van der Waals surface area contributed by atoms with Gasteiger partial charge in [0.15, 0.2) is 0 Å². The van der Waals surface area contributed by atoms with E-state index in [1.165, 1.54) is 0 Å². The lowest BCUT2D eigenvalue weighted by atomic mass is 9.95. The molecular weight excluding hydrogens is 214 g/mol. The number of ether oxygens (including phenoxy) is 1. The van der Waals surface area contributed by atoms with Gasteiger partial charge in [-0.3, -0.25) is 0 Å². The van der Waals surface area contributed by atoms with E-state index in [1.807, 2.05) is 27.7 Å². The van der Waals surface area contributed by atoms with Crippen molar-refractivity contribution in [2.75, 3.05) is 13.2 Å². The zero-order chi connectivity index (χ0) is 11.6. The molecule has 1 rings (SSSR count). The summed E-state index contributed by atoms with van der Waals surface area (Å²) in [6.45, 7) is 8.61. The van der Waals surface area contributed by atoms with E-state index in [0.717, 1.165) is 0 Å². The molecule has 90 valence electrons. The maximum Gasteiger partial charge on any atom is 0.215 e. The fourth-order valence-corrected chi connectivity index (χ4v) is 4.40. The Morgan fingerprint density at radius 3 is 2.07 bits per heavy atom. The molecule has 0 amide bonds. The lowest BCUT2D eigenvalue weighted by molar-refractivity contribution is 0.0299. The summed E-state index contributed by atoms with van der Waals surface area (Å²) < 4.78 is 32.1. The lowest BCUT2D eigenvalue weighted by Gasteiger charge is -2.34. The van der Waals surface area contributed by atoms with E-state index in [9.17, 15) is 8.42 Å². The van der Waals surface area contributed by atoms with Crippen LogP contribution in [0.5, 0.6) is 0 Å². The molecule has 5 heteroatoms. The monoisotopic (exact) mass is 235 g/mol. The van der Waals surface area contributed by atoms with Gasteiger partial charge in [0.05, 0.1) is 18.5 Å². The topological polar surface area (TPSA) is 55.4 Å². The molecule has 0 saturated carbocycles. The van der Waals surface area contributed by atoms with Crippen molar-refractivity contribution >= 4 is 10.0 Å². The molecule has 1 saturated heterocycles. The Labute approximate surface area is 92.4 Å². The Balaban J connectivity index is 2.83. The van der Waals surface area contributed by atoms with Gasteiger partial charge in [0, 0.05) is 6.04 Å². The number of rotatable bonds is 3. The molecule has 1 aliphatic rings. The van der Waals surface area contributed by atoms with Crippen molar-refractivity contribution in [2.45, 2.75) is 39.0 Å². The van der Waals surface area contributed by atoms with Gasteiger partial charge in [0.1, 0.15) is 0 Å². The van der Waals surface area contributed by atoms with Gasteiger partial charge in [-0.05, 0) is 25.7 Å². The summed E-state index contributed by atoms with van der Waals surface area (Å²) >= 11 is 0. The van der Waals surface area contributed by atoms with E-state index in [1.54, 1.807) is 0 Å². The maximum atomic E-state index is 12.1. The van der Waals surface area contributed by atoms with Gasteiger partial charge in [-0.25, -0.2) is 13.1 Å². The molecule has 1 aliphatic heterocycles. The van der Waals surface area contributed by atoms with Crippen LogP contribution in [0.2, 0.25) is 0 Å². The first-order valence-electron chi connectivity index (χ1n) is 5.43. The fourth-order valence-electron chi connectivity index (χ4n) is 2.21. The van der Waals surface area contributed by atoms with Crippen LogP contribution in [0.4, 0.5) is 0 Å². The van der Waals surface area contributed by atoms with Crippen LogP contribution in [0.1, 0.15) is 27.7 Å². The highest BCUT2D eigenvalue weighted by molar-refractivity contribution is 7.90. The van der Waals surface area contributed by atoms with Crippen LogP contribution < -0.4 is 4.72 Å². The summed E-state index contributed by atoms with van der Waals surface area (Å²) in [6, 6.07) is -0.0442. The Morgan fingerprint density at radius 1 is 1.20 bits per heavy atom. The second kappa shape index (κ2) is 4.80. The normalized spacial score (nSPS) is 33.3. The van der Waals surface area contributed by atoms with Crippen molar-refractivity contribution in [2.24, 2.45) is 11.8 Å². The molecule has 1 N–H and O–H groups in total. The molecule has 1 fully saturated rings. The summed E-state index contributed by atoms with van der Waals surface area (Å²) in [4.78, 5) is 0. The lowest BCUT2D eigenvalue weighted by Crippen LogP contribution is -2.49. The molecule has 15 heavy (non-hydrogen) atoms. The third kappa shape index (κ3) is 3.16. The van der Waals surface area contributed by atoms with Crippen molar-refractivity contribution in [3.8, 4) is 0 Å². The minimum Gasteiger partial charge on any atom is -0.381 e. The molecule has 1 unspecified atom stereocenters. The van der Waals surface area contributed by atoms with Gasteiger partial charge in [0.2, 0.25) is 10.0 Å². The average Bonchev–Trinajstić information content (AvgIpc) is 1.99. The van der Waals surface area contributed by atoms with Crippen LogP contribution in [-0.4, -0.2) is 32.9 Å². The summed E-state index contributed by atoms with van der Waals surface area (Å²) in [5, 5.41) is -0.325. The smallest absolute Gasteiger partial charge is 0.215 e. The zero-order valence-corrected chi connectivity index (χ0v) is 10.7. The maximum absolute atomic E-state index is 12.1. The third-order valence-corrected chi connectivity index (χ3v) is 5.09. The van der Waals surface area contributed by atoms with Crippen LogP contribution in [0, 0.1) is 11.8 Å². The molecule has 0 bridgehead atoms. The first-order chi connectivity index (χ1) is 6.84. The quantitative estimate of drug-likeness (QED) is 0.793. The van der Waals surface area contributed by atoms with Crippen molar-refractivity contribution in [3.63, 3.8) is 0 Å². The van der Waals surface area contributed by atoms with E-state index >= 15 is 0 Å². The number of hydrogen-bond acceptors (Lipinski definition) is 3. The minimum absolute atomic E-state index is 0.0442. The Hall–Kier alpha value is -0.130. The number of hydrogen-bond donors (Lipinski definition) is 1. The fraction of sp³-hybridized carbons (Fsp3) is 1.00. The van der Waals surface area contributed by atoms with Crippen LogP contribution in [-0.2, 0) is 14.8 Å². The molecule has 0 aromatic heterocycles. The first-order valence-corrected chi connectivity index (χ1v) is 6.98. The predicted molar refractivity (Wildman–Crippen MR) is 60.1 cm³/mol.